The van der Waals surface area contributed by atoms with E-state index in [9.17, 15) is 0 Å². The standard InChI is InChI=1S/C16H26/c1-7-16(5,6)12-13-8-10-14(11-9-13)15(2,3)4/h8-11H,7,12H2,1-6H3. The van der Waals surface area contributed by atoms with E-state index in [1.807, 2.05) is 0 Å². The third kappa shape index (κ3) is 3.66. The zero-order chi connectivity index (χ0) is 12.4. The van der Waals surface area contributed by atoms with Crippen LogP contribution in [0.15, 0.2) is 24.3 Å². The zero-order valence-electron chi connectivity index (χ0n) is 11.7. The Bertz CT molecular complexity index is 322. The second-order valence-corrected chi connectivity index (χ2v) is 6.64. The lowest BCUT2D eigenvalue weighted by Gasteiger charge is -2.24. The van der Waals surface area contributed by atoms with Gasteiger partial charge in [0.25, 0.3) is 0 Å². The van der Waals surface area contributed by atoms with Gasteiger partial charge in [0.2, 0.25) is 0 Å². The van der Waals surface area contributed by atoms with E-state index in [2.05, 4.69) is 65.8 Å². The van der Waals surface area contributed by atoms with Gasteiger partial charge in [-0.1, -0.05) is 72.2 Å². The molecule has 0 saturated carbocycles. The normalized spacial score (nSPS) is 12.9. The molecule has 0 saturated heterocycles. The summed E-state index contributed by atoms with van der Waals surface area (Å²) in [6, 6.07) is 9.14. The van der Waals surface area contributed by atoms with E-state index in [1.165, 1.54) is 24.0 Å². The lowest BCUT2D eigenvalue weighted by atomic mass is 9.82. The van der Waals surface area contributed by atoms with Gasteiger partial charge in [-0.2, -0.15) is 0 Å². The molecule has 1 aromatic carbocycles. The number of rotatable bonds is 3. The van der Waals surface area contributed by atoms with E-state index < -0.39 is 0 Å². The van der Waals surface area contributed by atoms with Crippen LogP contribution in [0.2, 0.25) is 0 Å². The van der Waals surface area contributed by atoms with Crippen molar-refractivity contribution in [1.29, 1.82) is 0 Å². The maximum Gasteiger partial charge on any atom is -0.0132 e. The smallest absolute Gasteiger partial charge is 0.0132 e. The average molecular weight is 218 g/mol. The van der Waals surface area contributed by atoms with Crippen molar-refractivity contribution in [2.75, 3.05) is 0 Å². The maximum atomic E-state index is 2.34. The van der Waals surface area contributed by atoms with Gasteiger partial charge < -0.3 is 0 Å². The number of benzene rings is 1. The first-order valence-corrected chi connectivity index (χ1v) is 6.34. The summed E-state index contributed by atoms with van der Waals surface area (Å²) in [6.07, 6.45) is 2.40. The Morgan fingerprint density at radius 1 is 0.875 bits per heavy atom. The first-order valence-electron chi connectivity index (χ1n) is 6.34. The second kappa shape index (κ2) is 4.61. The van der Waals surface area contributed by atoms with Crippen LogP contribution in [-0.2, 0) is 11.8 Å². The van der Waals surface area contributed by atoms with Gasteiger partial charge >= 0.3 is 0 Å². The molecule has 0 fully saturated rings. The van der Waals surface area contributed by atoms with Crippen LogP contribution in [0.4, 0.5) is 0 Å². The molecule has 1 rings (SSSR count). The summed E-state index contributed by atoms with van der Waals surface area (Å²) in [4.78, 5) is 0. The summed E-state index contributed by atoms with van der Waals surface area (Å²) < 4.78 is 0. The molecule has 0 atom stereocenters. The van der Waals surface area contributed by atoms with E-state index in [0.29, 0.717) is 5.41 Å². The first-order chi connectivity index (χ1) is 7.24. The van der Waals surface area contributed by atoms with Gasteiger partial charge in [0.05, 0.1) is 0 Å². The van der Waals surface area contributed by atoms with Crippen molar-refractivity contribution in [2.45, 2.75) is 59.8 Å². The molecule has 0 aromatic heterocycles. The van der Waals surface area contributed by atoms with E-state index in [1.54, 1.807) is 0 Å². The molecule has 16 heavy (non-hydrogen) atoms. The van der Waals surface area contributed by atoms with Crippen molar-refractivity contribution < 1.29 is 0 Å². The fourth-order valence-corrected chi connectivity index (χ4v) is 1.80. The molecule has 0 amide bonds. The van der Waals surface area contributed by atoms with Crippen LogP contribution in [-0.4, -0.2) is 0 Å². The highest BCUT2D eigenvalue weighted by atomic mass is 14.2. The summed E-state index contributed by atoms with van der Waals surface area (Å²) >= 11 is 0. The second-order valence-electron chi connectivity index (χ2n) is 6.64. The molecule has 0 aliphatic rings. The molecule has 0 spiro atoms. The summed E-state index contributed by atoms with van der Waals surface area (Å²) in [7, 11) is 0. The van der Waals surface area contributed by atoms with E-state index in [-0.39, 0.29) is 5.41 Å². The molecular weight excluding hydrogens is 192 g/mol. The number of hydrogen-bond acceptors (Lipinski definition) is 0. The fourth-order valence-electron chi connectivity index (χ4n) is 1.80. The highest BCUT2D eigenvalue weighted by molar-refractivity contribution is 5.28. The third-order valence-corrected chi connectivity index (χ3v) is 3.46. The van der Waals surface area contributed by atoms with E-state index in [0.717, 1.165) is 0 Å². The quantitative estimate of drug-likeness (QED) is 0.672. The molecule has 90 valence electrons. The Balaban J connectivity index is 2.80. The summed E-state index contributed by atoms with van der Waals surface area (Å²) in [6.45, 7) is 13.7. The van der Waals surface area contributed by atoms with Crippen LogP contribution >= 0.6 is 0 Å². The molecule has 1 aromatic rings. The Kier molecular flexibility index (Phi) is 3.83. The fraction of sp³-hybridized carbons (Fsp3) is 0.625. The molecule has 0 aliphatic heterocycles. The summed E-state index contributed by atoms with van der Waals surface area (Å²) in [5.41, 5.74) is 3.56. The van der Waals surface area contributed by atoms with Crippen molar-refractivity contribution in [1.82, 2.24) is 0 Å². The van der Waals surface area contributed by atoms with Gasteiger partial charge in [-0.15, -0.1) is 0 Å². The minimum Gasteiger partial charge on any atom is -0.0649 e. The monoisotopic (exact) mass is 218 g/mol. The van der Waals surface area contributed by atoms with Crippen molar-refractivity contribution in [2.24, 2.45) is 5.41 Å². The predicted octanol–water partition coefficient (Wildman–Crippen LogP) is 4.96. The van der Waals surface area contributed by atoms with Crippen LogP contribution in [0.25, 0.3) is 0 Å². The van der Waals surface area contributed by atoms with Crippen LogP contribution in [0.1, 0.15) is 59.1 Å². The zero-order valence-corrected chi connectivity index (χ0v) is 11.7. The molecule has 0 N–H and O–H groups in total. The lowest BCUT2D eigenvalue weighted by molar-refractivity contribution is 0.349. The third-order valence-electron chi connectivity index (χ3n) is 3.46. The Morgan fingerprint density at radius 3 is 1.75 bits per heavy atom. The van der Waals surface area contributed by atoms with Gasteiger partial charge in [0.15, 0.2) is 0 Å². The van der Waals surface area contributed by atoms with Crippen LogP contribution in [0.3, 0.4) is 0 Å². The molecule has 0 radical (unpaired) electrons. The van der Waals surface area contributed by atoms with E-state index in [4.69, 9.17) is 0 Å². The number of hydrogen-bond donors (Lipinski definition) is 0. The van der Waals surface area contributed by atoms with Crippen LogP contribution in [0, 0.1) is 5.41 Å². The molecule has 0 aliphatic carbocycles. The minimum atomic E-state index is 0.263. The molecule has 0 nitrogen and oxygen atoms in total. The van der Waals surface area contributed by atoms with Gasteiger partial charge in [0.1, 0.15) is 0 Å². The van der Waals surface area contributed by atoms with Crippen molar-refractivity contribution in [3.8, 4) is 0 Å². The minimum absolute atomic E-state index is 0.263. The van der Waals surface area contributed by atoms with Crippen LogP contribution < -0.4 is 0 Å². The van der Waals surface area contributed by atoms with Gasteiger partial charge in [-0.25, -0.2) is 0 Å². The maximum absolute atomic E-state index is 2.34. The summed E-state index contributed by atoms with van der Waals surface area (Å²) in [5.74, 6) is 0. The van der Waals surface area contributed by atoms with Crippen molar-refractivity contribution in [3.63, 3.8) is 0 Å². The molecule has 0 bridgehead atoms. The first kappa shape index (κ1) is 13.3. The van der Waals surface area contributed by atoms with Gasteiger partial charge in [-0.05, 0) is 28.4 Å². The van der Waals surface area contributed by atoms with Crippen molar-refractivity contribution >= 4 is 0 Å². The largest absolute Gasteiger partial charge is 0.0649 e. The highest BCUT2D eigenvalue weighted by Gasteiger charge is 2.17. The highest BCUT2D eigenvalue weighted by Crippen LogP contribution is 2.27. The van der Waals surface area contributed by atoms with Gasteiger partial charge in [0, 0.05) is 0 Å². The molecule has 0 unspecified atom stereocenters. The topological polar surface area (TPSA) is 0 Å². The van der Waals surface area contributed by atoms with Crippen LogP contribution in [0.5, 0.6) is 0 Å². The Hall–Kier alpha value is -0.780. The average Bonchev–Trinajstić information content (AvgIpc) is 2.16. The Labute approximate surface area is 101 Å². The molecular formula is C16H26. The van der Waals surface area contributed by atoms with E-state index >= 15 is 0 Å². The lowest BCUT2D eigenvalue weighted by Crippen LogP contribution is -2.14. The summed E-state index contributed by atoms with van der Waals surface area (Å²) in [5, 5.41) is 0. The van der Waals surface area contributed by atoms with Crippen molar-refractivity contribution in [3.05, 3.63) is 35.4 Å². The van der Waals surface area contributed by atoms with Gasteiger partial charge in [-0.3, -0.25) is 0 Å². The SMILES string of the molecule is CCC(C)(C)Cc1ccc(C(C)(C)C)cc1. The Morgan fingerprint density at radius 2 is 1.38 bits per heavy atom. The molecule has 0 heteroatoms. The molecule has 0 heterocycles. The predicted molar refractivity (Wildman–Crippen MR) is 72.9 cm³/mol.